The number of carbonyl (C=O) groups is 1. The topological polar surface area (TPSA) is 32.3 Å². The fourth-order valence-corrected chi connectivity index (χ4v) is 2.37. The van der Waals surface area contributed by atoms with E-state index in [1.54, 1.807) is 4.90 Å². The second kappa shape index (κ2) is 7.82. The van der Waals surface area contributed by atoms with E-state index in [9.17, 15) is 4.79 Å². The molecule has 2 aromatic carbocycles. The number of nitrogens with zero attached hydrogens (tertiary/aromatic N) is 1. The van der Waals surface area contributed by atoms with Gasteiger partial charge in [-0.1, -0.05) is 67.9 Å². The van der Waals surface area contributed by atoms with Crippen molar-refractivity contribution >= 4 is 6.03 Å². The number of aryl methyl sites for hydroxylation is 1. The molecule has 2 rings (SSSR count). The maximum Gasteiger partial charge on any atom is 0.317 e. The highest BCUT2D eigenvalue weighted by atomic mass is 16.2. The molecule has 0 aliphatic heterocycles. The first kappa shape index (κ1) is 17.1. The highest BCUT2D eigenvalue weighted by Crippen LogP contribution is 2.15. The summed E-state index contributed by atoms with van der Waals surface area (Å²) >= 11 is 0. The van der Waals surface area contributed by atoms with Gasteiger partial charge in [-0.05, 0) is 29.5 Å². The van der Waals surface area contributed by atoms with Gasteiger partial charge < -0.3 is 10.2 Å². The van der Waals surface area contributed by atoms with Crippen LogP contribution in [0.1, 0.15) is 42.0 Å². The normalized spacial score (nSPS) is 10.7. The van der Waals surface area contributed by atoms with E-state index < -0.39 is 0 Å². The molecule has 0 aliphatic carbocycles. The molecule has 0 bridgehead atoms. The Hall–Kier alpha value is -2.29. The molecular weight excluding hydrogens is 284 g/mol. The van der Waals surface area contributed by atoms with E-state index in [1.165, 1.54) is 11.1 Å². The molecule has 0 unspecified atom stereocenters. The van der Waals surface area contributed by atoms with E-state index >= 15 is 0 Å². The van der Waals surface area contributed by atoms with Gasteiger partial charge in [0.1, 0.15) is 0 Å². The summed E-state index contributed by atoms with van der Waals surface area (Å²) in [7, 11) is 1.82. The Bertz CT molecular complexity index is 630. The van der Waals surface area contributed by atoms with E-state index in [2.05, 4.69) is 62.5 Å². The molecule has 1 N–H and O–H groups in total. The summed E-state index contributed by atoms with van der Waals surface area (Å²) in [6.45, 7) is 7.58. The van der Waals surface area contributed by atoms with Crippen molar-refractivity contribution < 1.29 is 4.79 Å². The molecular formula is C20H26N2O. The van der Waals surface area contributed by atoms with Crippen LogP contribution in [0.4, 0.5) is 4.79 Å². The van der Waals surface area contributed by atoms with E-state index in [-0.39, 0.29) is 6.03 Å². The van der Waals surface area contributed by atoms with Gasteiger partial charge in [0.2, 0.25) is 0 Å². The monoisotopic (exact) mass is 310 g/mol. The van der Waals surface area contributed by atoms with Gasteiger partial charge in [0, 0.05) is 20.1 Å². The summed E-state index contributed by atoms with van der Waals surface area (Å²) in [5.41, 5.74) is 4.79. The number of hydrogen-bond donors (Lipinski definition) is 1. The molecule has 0 heterocycles. The van der Waals surface area contributed by atoms with Crippen LogP contribution < -0.4 is 5.32 Å². The molecule has 122 valence electrons. The van der Waals surface area contributed by atoms with Gasteiger partial charge in [0.25, 0.3) is 0 Å². The van der Waals surface area contributed by atoms with Gasteiger partial charge >= 0.3 is 6.03 Å². The third-order valence-corrected chi connectivity index (χ3v) is 3.98. The number of hydrogen-bond acceptors (Lipinski definition) is 1. The van der Waals surface area contributed by atoms with Crippen molar-refractivity contribution in [2.45, 2.75) is 39.8 Å². The lowest BCUT2D eigenvalue weighted by molar-refractivity contribution is 0.206. The zero-order valence-electron chi connectivity index (χ0n) is 14.5. The smallest absolute Gasteiger partial charge is 0.317 e. The number of urea groups is 1. The maximum absolute atomic E-state index is 12.2. The highest BCUT2D eigenvalue weighted by molar-refractivity contribution is 5.73. The largest absolute Gasteiger partial charge is 0.334 e. The van der Waals surface area contributed by atoms with Crippen LogP contribution in [0.3, 0.4) is 0 Å². The van der Waals surface area contributed by atoms with Crippen molar-refractivity contribution in [1.82, 2.24) is 10.2 Å². The standard InChI is InChI=1S/C20H26N2O/c1-15(2)19-11-9-18(10-12-19)14-22(4)20(23)21-13-17-7-5-16(3)6-8-17/h5-12,15H,13-14H2,1-4H3,(H,21,23). The lowest BCUT2D eigenvalue weighted by atomic mass is 10.0. The minimum absolute atomic E-state index is 0.0569. The Kier molecular flexibility index (Phi) is 5.80. The van der Waals surface area contributed by atoms with E-state index in [0.29, 0.717) is 19.0 Å². The minimum Gasteiger partial charge on any atom is -0.334 e. The molecule has 0 saturated heterocycles. The van der Waals surface area contributed by atoms with Crippen molar-refractivity contribution in [3.05, 3.63) is 70.8 Å². The number of nitrogens with one attached hydrogen (secondary N) is 1. The van der Waals surface area contributed by atoms with Gasteiger partial charge in [-0.25, -0.2) is 4.79 Å². The van der Waals surface area contributed by atoms with Crippen LogP contribution in [0.2, 0.25) is 0 Å². The quantitative estimate of drug-likeness (QED) is 0.869. The zero-order valence-corrected chi connectivity index (χ0v) is 14.5. The van der Waals surface area contributed by atoms with Crippen LogP contribution in [-0.2, 0) is 13.1 Å². The Morgan fingerprint density at radius 3 is 2.13 bits per heavy atom. The fraction of sp³-hybridized carbons (Fsp3) is 0.350. The Balaban J connectivity index is 1.85. The molecule has 0 aliphatic rings. The van der Waals surface area contributed by atoms with E-state index in [4.69, 9.17) is 0 Å². The molecule has 3 heteroatoms. The summed E-state index contributed by atoms with van der Waals surface area (Å²) < 4.78 is 0. The molecule has 3 nitrogen and oxygen atoms in total. The fourth-order valence-electron chi connectivity index (χ4n) is 2.37. The van der Waals surface area contributed by atoms with Gasteiger partial charge in [-0.2, -0.15) is 0 Å². The number of benzene rings is 2. The van der Waals surface area contributed by atoms with Crippen molar-refractivity contribution in [1.29, 1.82) is 0 Å². The molecule has 0 saturated carbocycles. The number of carbonyl (C=O) groups excluding carboxylic acids is 1. The third-order valence-electron chi connectivity index (χ3n) is 3.98. The van der Waals surface area contributed by atoms with Gasteiger partial charge in [-0.15, -0.1) is 0 Å². The van der Waals surface area contributed by atoms with Crippen molar-refractivity contribution in [3.8, 4) is 0 Å². The number of amides is 2. The second-order valence-electron chi connectivity index (χ2n) is 6.40. The lowest BCUT2D eigenvalue weighted by Gasteiger charge is -2.18. The molecule has 0 aromatic heterocycles. The SMILES string of the molecule is Cc1ccc(CNC(=O)N(C)Cc2ccc(C(C)C)cc2)cc1. The van der Waals surface area contributed by atoms with Crippen molar-refractivity contribution in [3.63, 3.8) is 0 Å². The molecule has 0 fully saturated rings. The molecule has 0 spiro atoms. The zero-order chi connectivity index (χ0) is 16.8. The molecule has 23 heavy (non-hydrogen) atoms. The van der Waals surface area contributed by atoms with Crippen molar-refractivity contribution in [2.75, 3.05) is 7.05 Å². The first-order valence-corrected chi connectivity index (χ1v) is 8.09. The first-order valence-electron chi connectivity index (χ1n) is 8.09. The highest BCUT2D eigenvalue weighted by Gasteiger charge is 2.09. The summed E-state index contributed by atoms with van der Waals surface area (Å²) in [6.07, 6.45) is 0. The Labute approximate surface area is 139 Å². The molecule has 0 atom stereocenters. The van der Waals surface area contributed by atoms with Crippen LogP contribution in [-0.4, -0.2) is 18.0 Å². The number of rotatable bonds is 5. The predicted molar refractivity (Wildman–Crippen MR) is 95.4 cm³/mol. The van der Waals surface area contributed by atoms with E-state index in [0.717, 1.165) is 11.1 Å². The minimum atomic E-state index is -0.0569. The van der Waals surface area contributed by atoms with Crippen LogP contribution in [0.5, 0.6) is 0 Å². The first-order chi connectivity index (χ1) is 11.0. The summed E-state index contributed by atoms with van der Waals surface area (Å²) in [6, 6.07) is 16.6. The molecule has 2 amide bonds. The van der Waals surface area contributed by atoms with Gasteiger partial charge in [-0.3, -0.25) is 0 Å². The Morgan fingerprint density at radius 1 is 1.00 bits per heavy atom. The average molecular weight is 310 g/mol. The lowest BCUT2D eigenvalue weighted by Crippen LogP contribution is -2.36. The van der Waals surface area contributed by atoms with Gasteiger partial charge in [0.15, 0.2) is 0 Å². The summed E-state index contributed by atoms with van der Waals surface area (Å²) in [5, 5.41) is 2.96. The van der Waals surface area contributed by atoms with Gasteiger partial charge in [0.05, 0.1) is 0 Å². The van der Waals surface area contributed by atoms with Crippen LogP contribution in [0.25, 0.3) is 0 Å². The Morgan fingerprint density at radius 2 is 1.57 bits per heavy atom. The summed E-state index contributed by atoms with van der Waals surface area (Å²) in [4.78, 5) is 13.9. The summed E-state index contributed by atoms with van der Waals surface area (Å²) in [5.74, 6) is 0.527. The molecule has 0 radical (unpaired) electrons. The van der Waals surface area contributed by atoms with Crippen LogP contribution in [0, 0.1) is 6.92 Å². The van der Waals surface area contributed by atoms with Crippen LogP contribution in [0.15, 0.2) is 48.5 Å². The average Bonchev–Trinajstić information content (AvgIpc) is 2.54. The molecule has 2 aromatic rings. The second-order valence-corrected chi connectivity index (χ2v) is 6.40. The third kappa shape index (κ3) is 5.13. The van der Waals surface area contributed by atoms with Crippen LogP contribution >= 0.6 is 0 Å². The van der Waals surface area contributed by atoms with Crippen molar-refractivity contribution in [2.24, 2.45) is 0 Å². The maximum atomic E-state index is 12.2. The van der Waals surface area contributed by atoms with E-state index in [1.807, 2.05) is 19.2 Å². The predicted octanol–water partition coefficient (Wildman–Crippen LogP) is 4.46.